The summed E-state index contributed by atoms with van der Waals surface area (Å²) in [5.74, 6) is -3.50. The molecular formula is C10H13NO7S. The summed E-state index contributed by atoms with van der Waals surface area (Å²) in [4.78, 5) is 20.0. The van der Waals surface area contributed by atoms with Crippen LogP contribution in [0, 0.1) is 0 Å². The smallest absolute Gasteiger partial charge is 0.325 e. The second-order valence-corrected chi connectivity index (χ2v) is 4.95. The van der Waals surface area contributed by atoms with Crippen LogP contribution in [0.4, 0.5) is 5.69 Å². The lowest BCUT2D eigenvalue weighted by Gasteiger charge is -2.04. The molecular weight excluding hydrogens is 278 g/mol. The summed E-state index contributed by atoms with van der Waals surface area (Å²) in [6.07, 6.45) is -1.16. The first-order chi connectivity index (χ1) is 8.64. The van der Waals surface area contributed by atoms with E-state index >= 15 is 0 Å². The van der Waals surface area contributed by atoms with Gasteiger partial charge in [0.1, 0.15) is 0 Å². The minimum Gasteiger partial charge on any atom is -0.481 e. The number of benzene rings is 1. The lowest BCUT2D eigenvalue weighted by molar-refractivity contribution is -0.143. The van der Waals surface area contributed by atoms with E-state index in [9.17, 15) is 18.0 Å². The Morgan fingerprint density at radius 2 is 1.63 bits per heavy atom. The van der Waals surface area contributed by atoms with Crippen molar-refractivity contribution in [3.05, 3.63) is 30.3 Å². The van der Waals surface area contributed by atoms with Crippen molar-refractivity contribution in [1.82, 2.24) is 0 Å². The number of carbonyl (C=O) groups is 2. The molecule has 0 spiro atoms. The molecule has 0 amide bonds. The highest BCUT2D eigenvalue weighted by Gasteiger charge is 2.33. The summed E-state index contributed by atoms with van der Waals surface area (Å²) in [7, 11) is -4.84. The highest BCUT2D eigenvalue weighted by molar-refractivity contribution is 7.87. The van der Waals surface area contributed by atoms with Gasteiger partial charge in [-0.3, -0.25) is 14.1 Å². The van der Waals surface area contributed by atoms with Crippen molar-refractivity contribution >= 4 is 27.7 Å². The summed E-state index contributed by atoms with van der Waals surface area (Å²) in [5, 5.41) is 13.9. The molecule has 19 heavy (non-hydrogen) atoms. The molecule has 0 aliphatic heterocycles. The topological polar surface area (TPSA) is 155 Å². The molecule has 1 aromatic rings. The average Bonchev–Trinajstić information content (AvgIpc) is 2.26. The number of carboxylic acid groups (broad SMARTS) is 2. The predicted octanol–water partition coefficient (Wildman–Crippen LogP) is 0.0709. The third-order valence-corrected chi connectivity index (χ3v) is 2.88. The minimum absolute atomic E-state index is 0.822. The van der Waals surface area contributed by atoms with Gasteiger partial charge in [-0.05, 0) is 12.1 Å². The van der Waals surface area contributed by atoms with E-state index in [1.54, 1.807) is 0 Å². The fraction of sp³-hybridized carbons (Fsp3) is 0.200. The summed E-state index contributed by atoms with van der Waals surface area (Å²) in [6, 6.07) is 9.49. The minimum atomic E-state index is -4.84. The quantitative estimate of drug-likeness (QED) is 0.448. The van der Waals surface area contributed by atoms with Crippen molar-refractivity contribution < 1.29 is 32.8 Å². The molecule has 1 unspecified atom stereocenters. The van der Waals surface area contributed by atoms with E-state index in [1.165, 1.54) is 0 Å². The van der Waals surface area contributed by atoms with E-state index in [0.717, 1.165) is 5.69 Å². The van der Waals surface area contributed by atoms with Gasteiger partial charge in [-0.25, -0.2) is 0 Å². The van der Waals surface area contributed by atoms with Crippen molar-refractivity contribution in [1.29, 1.82) is 0 Å². The molecule has 106 valence electrons. The molecule has 0 heterocycles. The van der Waals surface area contributed by atoms with Crippen LogP contribution in [-0.4, -0.2) is 40.4 Å². The lowest BCUT2D eigenvalue weighted by atomic mass is 10.3. The number of carboxylic acids is 2. The summed E-state index contributed by atoms with van der Waals surface area (Å²) in [6.45, 7) is 0. The first-order valence-corrected chi connectivity index (χ1v) is 6.36. The van der Waals surface area contributed by atoms with Crippen LogP contribution in [0.3, 0.4) is 0 Å². The van der Waals surface area contributed by atoms with Crippen LogP contribution in [0.1, 0.15) is 6.42 Å². The van der Waals surface area contributed by atoms with Gasteiger partial charge in [-0.2, -0.15) is 8.42 Å². The van der Waals surface area contributed by atoms with Gasteiger partial charge in [0.25, 0.3) is 10.1 Å². The Bertz CT molecular complexity index is 526. The van der Waals surface area contributed by atoms with Gasteiger partial charge >= 0.3 is 11.9 Å². The van der Waals surface area contributed by atoms with Crippen LogP contribution >= 0.6 is 0 Å². The van der Waals surface area contributed by atoms with Gasteiger partial charge in [0.15, 0.2) is 5.25 Å². The third-order valence-electron chi connectivity index (χ3n) is 1.79. The predicted molar refractivity (Wildman–Crippen MR) is 66.1 cm³/mol. The van der Waals surface area contributed by atoms with Gasteiger partial charge < -0.3 is 15.9 Å². The average molecular weight is 291 g/mol. The molecule has 0 aliphatic carbocycles. The SMILES string of the molecule is Nc1ccccc1.O=C(O)CC(C(=O)O)S(=O)(=O)O. The van der Waals surface area contributed by atoms with Gasteiger partial charge in [0.05, 0.1) is 6.42 Å². The van der Waals surface area contributed by atoms with Gasteiger partial charge in [0.2, 0.25) is 0 Å². The van der Waals surface area contributed by atoms with Gasteiger partial charge in [-0.1, -0.05) is 18.2 Å². The number of rotatable bonds is 4. The molecule has 0 aliphatic rings. The Morgan fingerprint density at radius 3 is 1.79 bits per heavy atom. The number of anilines is 1. The zero-order chi connectivity index (χ0) is 15.1. The zero-order valence-corrected chi connectivity index (χ0v) is 10.4. The van der Waals surface area contributed by atoms with E-state index in [1.807, 2.05) is 30.3 Å². The molecule has 9 heteroatoms. The Hall–Kier alpha value is -2.13. The normalized spacial score (nSPS) is 11.8. The Labute approximate surface area is 109 Å². The fourth-order valence-electron chi connectivity index (χ4n) is 0.932. The van der Waals surface area contributed by atoms with Crippen molar-refractivity contribution in [2.45, 2.75) is 11.7 Å². The summed E-state index contributed by atoms with van der Waals surface area (Å²) in [5.41, 5.74) is 6.18. The summed E-state index contributed by atoms with van der Waals surface area (Å²) < 4.78 is 28.7. The first kappa shape index (κ1) is 16.9. The van der Waals surface area contributed by atoms with E-state index in [2.05, 4.69) is 0 Å². The van der Waals surface area contributed by atoms with E-state index in [4.69, 9.17) is 20.5 Å². The van der Waals surface area contributed by atoms with Crippen LogP contribution < -0.4 is 5.73 Å². The van der Waals surface area contributed by atoms with Crippen molar-refractivity contribution in [2.75, 3.05) is 5.73 Å². The lowest BCUT2D eigenvalue weighted by Crippen LogP contribution is -2.31. The maximum atomic E-state index is 10.2. The largest absolute Gasteiger partial charge is 0.481 e. The second kappa shape index (κ2) is 7.34. The highest BCUT2D eigenvalue weighted by atomic mass is 32.2. The molecule has 5 N–H and O–H groups in total. The van der Waals surface area contributed by atoms with Crippen LogP contribution in [-0.2, 0) is 19.7 Å². The van der Waals surface area contributed by atoms with Crippen molar-refractivity contribution in [2.24, 2.45) is 0 Å². The standard InChI is InChI=1S/C6H7N.C4H6O7S/c7-6-4-2-1-3-5-6;5-3(6)1-2(4(7)8)12(9,10)11/h1-5H,7H2;2H,1H2,(H,5,6)(H,7,8)(H,9,10,11). The molecule has 1 rings (SSSR count). The van der Waals surface area contributed by atoms with Crippen molar-refractivity contribution in [3.63, 3.8) is 0 Å². The molecule has 0 radical (unpaired) electrons. The van der Waals surface area contributed by atoms with Gasteiger partial charge in [0, 0.05) is 5.69 Å². The van der Waals surface area contributed by atoms with Crippen molar-refractivity contribution in [3.8, 4) is 0 Å². The molecule has 0 aromatic heterocycles. The number of para-hydroxylation sites is 1. The van der Waals surface area contributed by atoms with Gasteiger partial charge in [-0.15, -0.1) is 0 Å². The number of hydrogen-bond donors (Lipinski definition) is 4. The number of nitrogen functional groups attached to an aromatic ring is 1. The summed E-state index contributed by atoms with van der Waals surface area (Å²) >= 11 is 0. The Balaban J connectivity index is 0.000000388. The van der Waals surface area contributed by atoms with Crippen LogP contribution in [0.2, 0.25) is 0 Å². The Kier molecular flexibility index (Phi) is 6.51. The number of hydrogen-bond acceptors (Lipinski definition) is 5. The third kappa shape index (κ3) is 7.73. The number of aliphatic carboxylic acids is 2. The fourth-order valence-corrected chi connectivity index (χ4v) is 1.54. The molecule has 8 nitrogen and oxygen atoms in total. The maximum absolute atomic E-state index is 10.2. The highest BCUT2D eigenvalue weighted by Crippen LogP contribution is 2.04. The first-order valence-electron chi connectivity index (χ1n) is 4.86. The zero-order valence-electron chi connectivity index (χ0n) is 9.63. The van der Waals surface area contributed by atoms with E-state index in [0.29, 0.717) is 0 Å². The monoisotopic (exact) mass is 291 g/mol. The number of nitrogens with two attached hydrogens (primary N) is 1. The Morgan fingerprint density at radius 1 is 1.16 bits per heavy atom. The van der Waals surface area contributed by atoms with E-state index < -0.39 is 33.7 Å². The molecule has 0 saturated heterocycles. The molecule has 0 bridgehead atoms. The second-order valence-electron chi connectivity index (χ2n) is 3.35. The molecule has 0 saturated carbocycles. The molecule has 1 atom stereocenters. The molecule has 1 aromatic carbocycles. The van der Waals surface area contributed by atoms with E-state index in [-0.39, 0.29) is 0 Å². The van der Waals surface area contributed by atoms with Crippen LogP contribution in [0.25, 0.3) is 0 Å². The van der Waals surface area contributed by atoms with Crippen LogP contribution in [0.15, 0.2) is 30.3 Å². The molecule has 0 fully saturated rings. The van der Waals surface area contributed by atoms with Crippen LogP contribution in [0.5, 0.6) is 0 Å². The maximum Gasteiger partial charge on any atom is 0.325 e.